The van der Waals surface area contributed by atoms with Gasteiger partial charge in [0.25, 0.3) is 0 Å². The first-order chi connectivity index (χ1) is 12.3. The average Bonchev–Trinajstić information content (AvgIpc) is 2.99. The second-order valence-corrected chi connectivity index (χ2v) is 6.80. The molecule has 9 nitrogen and oxygen atoms in total. The van der Waals surface area contributed by atoms with Crippen LogP contribution in [0.5, 0.6) is 0 Å². The molecule has 0 saturated heterocycles. The van der Waals surface area contributed by atoms with Crippen LogP contribution in [0.4, 0.5) is 4.79 Å². The van der Waals surface area contributed by atoms with Crippen LogP contribution in [0.2, 0.25) is 0 Å². The first-order valence-electron chi connectivity index (χ1n) is 8.47. The van der Waals surface area contributed by atoms with E-state index in [1.807, 2.05) is 49.6 Å². The molecule has 0 unspecified atom stereocenters. The monoisotopic (exact) mass is 361 g/mol. The number of aromatic nitrogens is 3. The number of carbonyl (C=O) groups excluding carboxylic acids is 1. The second-order valence-electron chi connectivity index (χ2n) is 6.80. The highest BCUT2D eigenvalue weighted by Gasteiger charge is 2.19. The predicted molar refractivity (Wildman–Crippen MR) is 100 cm³/mol. The fourth-order valence-corrected chi connectivity index (χ4v) is 2.17. The third-order valence-corrected chi connectivity index (χ3v) is 3.47. The van der Waals surface area contributed by atoms with Gasteiger partial charge in [0.1, 0.15) is 5.60 Å². The Morgan fingerprint density at radius 2 is 2.08 bits per heavy atom. The number of carbonyl (C=O) groups is 1. The Labute approximate surface area is 153 Å². The number of nitrogens with zero attached hydrogens (tertiary/aromatic N) is 5. The van der Waals surface area contributed by atoms with Crippen molar-refractivity contribution in [2.45, 2.75) is 32.9 Å². The minimum Gasteiger partial charge on any atom is -0.444 e. The third kappa shape index (κ3) is 5.61. The number of fused-ring (bicyclic) bond motifs is 1. The molecule has 0 aliphatic rings. The van der Waals surface area contributed by atoms with Gasteiger partial charge in [-0.3, -0.25) is 9.39 Å². The summed E-state index contributed by atoms with van der Waals surface area (Å²) >= 11 is 0. The minimum absolute atomic E-state index is 0.350. The summed E-state index contributed by atoms with van der Waals surface area (Å²) in [4.78, 5) is 17.6. The van der Waals surface area contributed by atoms with E-state index in [-0.39, 0.29) is 6.09 Å². The van der Waals surface area contributed by atoms with Crippen molar-refractivity contribution in [1.29, 1.82) is 0 Å². The zero-order valence-electron chi connectivity index (χ0n) is 16.0. The Bertz CT molecular complexity index is 764. The molecule has 0 bridgehead atoms. The molecule has 0 saturated carbocycles. The number of guanidine groups is 1. The van der Waals surface area contributed by atoms with Crippen molar-refractivity contribution in [2.75, 3.05) is 27.2 Å². The highest BCUT2D eigenvalue weighted by Crippen LogP contribution is 2.08. The van der Waals surface area contributed by atoms with Gasteiger partial charge < -0.3 is 20.3 Å². The van der Waals surface area contributed by atoms with Gasteiger partial charge in [0.15, 0.2) is 17.4 Å². The summed E-state index contributed by atoms with van der Waals surface area (Å²) in [5, 5.41) is 14.6. The van der Waals surface area contributed by atoms with Gasteiger partial charge in [-0.05, 0) is 32.9 Å². The van der Waals surface area contributed by atoms with Gasteiger partial charge in [0, 0.05) is 33.4 Å². The van der Waals surface area contributed by atoms with E-state index < -0.39 is 5.60 Å². The molecule has 2 rings (SSSR count). The van der Waals surface area contributed by atoms with Crippen LogP contribution < -0.4 is 10.6 Å². The third-order valence-electron chi connectivity index (χ3n) is 3.47. The van der Waals surface area contributed by atoms with Crippen molar-refractivity contribution in [2.24, 2.45) is 4.99 Å². The first kappa shape index (κ1) is 19.5. The van der Waals surface area contributed by atoms with Gasteiger partial charge in [-0.2, -0.15) is 0 Å². The number of pyridine rings is 1. The van der Waals surface area contributed by atoms with Gasteiger partial charge in [0.2, 0.25) is 0 Å². The minimum atomic E-state index is -0.503. The van der Waals surface area contributed by atoms with Crippen LogP contribution in [0, 0.1) is 0 Å². The Kier molecular flexibility index (Phi) is 6.37. The molecule has 2 N–H and O–H groups in total. The van der Waals surface area contributed by atoms with Gasteiger partial charge in [0.05, 0.1) is 6.54 Å². The van der Waals surface area contributed by atoms with Gasteiger partial charge in [-0.15, -0.1) is 10.2 Å². The lowest BCUT2D eigenvalue weighted by atomic mass is 10.2. The normalized spacial score (nSPS) is 12.1. The van der Waals surface area contributed by atoms with Crippen molar-refractivity contribution in [3.05, 3.63) is 30.2 Å². The van der Waals surface area contributed by atoms with Gasteiger partial charge in [-0.1, -0.05) is 6.07 Å². The van der Waals surface area contributed by atoms with E-state index in [4.69, 9.17) is 4.74 Å². The van der Waals surface area contributed by atoms with Crippen LogP contribution in [0.25, 0.3) is 5.65 Å². The van der Waals surface area contributed by atoms with Crippen molar-refractivity contribution >= 4 is 17.7 Å². The van der Waals surface area contributed by atoms with Crippen LogP contribution in [0.3, 0.4) is 0 Å². The number of nitrogens with one attached hydrogen (secondary N) is 2. The number of aliphatic imine (C=N–C) groups is 1. The zero-order chi connectivity index (χ0) is 19.2. The molecule has 0 atom stereocenters. The van der Waals surface area contributed by atoms with E-state index in [1.165, 1.54) is 4.90 Å². The van der Waals surface area contributed by atoms with Crippen LogP contribution >= 0.6 is 0 Å². The van der Waals surface area contributed by atoms with Crippen LogP contribution in [0.15, 0.2) is 29.4 Å². The molecule has 0 aromatic carbocycles. The summed E-state index contributed by atoms with van der Waals surface area (Å²) in [5.74, 6) is 1.41. The van der Waals surface area contributed by atoms with Crippen molar-refractivity contribution in [3.8, 4) is 0 Å². The molecular weight excluding hydrogens is 334 g/mol. The summed E-state index contributed by atoms with van der Waals surface area (Å²) in [7, 11) is 3.39. The highest BCUT2D eigenvalue weighted by atomic mass is 16.6. The lowest BCUT2D eigenvalue weighted by Gasteiger charge is -2.24. The molecule has 0 radical (unpaired) electrons. The number of ether oxygens (including phenoxy) is 1. The summed E-state index contributed by atoms with van der Waals surface area (Å²) in [6, 6.07) is 5.75. The quantitative estimate of drug-likeness (QED) is 0.615. The summed E-state index contributed by atoms with van der Waals surface area (Å²) < 4.78 is 7.23. The van der Waals surface area contributed by atoms with Gasteiger partial charge >= 0.3 is 6.09 Å². The van der Waals surface area contributed by atoms with E-state index >= 15 is 0 Å². The lowest BCUT2D eigenvalue weighted by Crippen LogP contribution is -2.43. The number of hydrogen-bond donors (Lipinski definition) is 2. The number of amides is 1. The summed E-state index contributed by atoms with van der Waals surface area (Å²) in [5.41, 5.74) is 0.295. The SMILES string of the molecule is CN=C(NCCN(C)C(=O)OC(C)(C)C)NCc1nnc2ccccn12. The maximum absolute atomic E-state index is 11.9. The zero-order valence-corrected chi connectivity index (χ0v) is 16.0. The first-order valence-corrected chi connectivity index (χ1v) is 8.47. The number of likely N-dealkylation sites (N-methyl/N-ethyl adjacent to an activating group) is 1. The molecule has 2 aromatic heterocycles. The van der Waals surface area contributed by atoms with E-state index in [9.17, 15) is 4.79 Å². The molecule has 1 amide bonds. The topological polar surface area (TPSA) is 96.2 Å². The molecule has 142 valence electrons. The number of hydrogen-bond acceptors (Lipinski definition) is 5. The van der Waals surface area contributed by atoms with E-state index in [2.05, 4.69) is 25.8 Å². The fourth-order valence-electron chi connectivity index (χ4n) is 2.17. The molecular formula is C17H27N7O2. The second kappa shape index (κ2) is 8.50. The van der Waals surface area contributed by atoms with Crippen LogP contribution in [-0.2, 0) is 11.3 Å². The molecule has 0 fully saturated rings. The van der Waals surface area contributed by atoms with E-state index in [0.29, 0.717) is 25.6 Å². The lowest BCUT2D eigenvalue weighted by molar-refractivity contribution is 0.0302. The molecule has 0 aliphatic heterocycles. The van der Waals surface area contributed by atoms with Gasteiger partial charge in [-0.25, -0.2) is 4.79 Å². The Morgan fingerprint density at radius 3 is 2.77 bits per heavy atom. The summed E-state index contributed by atoms with van der Waals surface area (Å²) in [6.07, 6.45) is 1.57. The van der Waals surface area contributed by atoms with Crippen LogP contribution in [0.1, 0.15) is 26.6 Å². The maximum Gasteiger partial charge on any atom is 0.410 e. The summed E-state index contributed by atoms with van der Waals surface area (Å²) in [6.45, 7) is 7.04. The number of rotatable bonds is 5. The molecule has 2 heterocycles. The van der Waals surface area contributed by atoms with E-state index in [1.54, 1.807) is 14.1 Å². The van der Waals surface area contributed by atoms with E-state index in [0.717, 1.165) is 11.5 Å². The average molecular weight is 361 g/mol. The Morgan fingerprint density at radius 1 is 1.31 bits per heavy atom. The molecule has 0 aliphatic carbocycles. The fraction of sp³-hybridized carbons (Fsp3) is 0.529. The smallest absolute Gasteiger partial charge is 0.410 e. The highest BCUT2D eigenvalue weighted by molar-refractivity contribution is 5.79. The maximum atomic E-state index is 11.9. The van der Waals surface area contributed by atoms with Crippen molar-refractivity contribution in [3.63, 3.8) is 0 Å². The Balaban J connectivity index is 1.78. The standard InChI is InChI=1S/C17H27N7O2/c1-17(2,3)26-16(25)23(5)11-9-19-15(18-4)20-12-14-22-21-13-8-6-7-10-24(13)14/h6-8,10H,9,11-12H2,1-5H3,(H2,18,19,20). The van der Waals surface area contributed by atoms with Crippen LogP contribution in [-0.4, -0.2) is 64.3 Å². The van der Waals surface area contributed by atoms with Crippen molar-refractivity contribution < 1.29 is 9.53 Å². The Hall–Kier alpha value is -2.84. The molecule has 0 spiro atoms. The molecule has 2 aromatic rings. The molecule has 9 heteroatoms. The molecule has 26 heavy (non-hydrogen) atoms. The predicted octanol–water partition coefficient (Wildman–Crippen LogP) is 1.26. The van der Waals surface area contributed by atoms with Crippen molar-refractivity contribution in [1.82, 2.24) is 30.1 Å². The largest absolute Gasteiger partial charge is 0.444 e.